The molecule has 3 nitrogen and oxygen atoms in total. The molecule has 1 aliphatic heterocycles. The van der Waals surface area contributed by atoms with Gasteiger partial charge in [-0.25, -0.2) is 4.98 Å². The first-order valence-corrected chi connectivity index (χ1v) is 5.23. The Kier molecular flexibility index (Phi) is 2.37. The van der Waals surface area contributed by atoms with Crippen molar-refractivity contribution in [1.29, 1.82) is 0 Å². The highest BCUT2D eigenvalue weighted by Crippen LogP contribution is 2.25. The second-order valence-electron chi connectivity index (χ2n) is 2.94. The summed E-state index contributed by atoms with van der Waals surface area (Å²) in [7, 11) is 0. The number of nitrogens with zero attached hydrogens (tertiary/aromatic N) is 2. The van der Waals surface area contributed by atoms with Gasteiger partial charge in [0.2, 0.25) is 0 Å². The van der Waals surface area contributed by atoms with Crippen molar-refractivity contribution >= 4 is 12.0 Å². The molecule has 2 rings (SSSR count). The van der Waals surface area contributed by atoms with E-state index in [4.69, 9.17) is 4.18 Å². The summed E-state index contributed by atoms with van der Waals surface area (Å²) in [5.41, 5.74) is 1.34. The van der Waals surface area contributed by atoms with Gasteiger partial charge in [0.25, 0.3) is 0 Å². The van der Waals surface area contributed by atoms with Crippen molar-refractivity contribution in [3.63, 3.8) is 0 Å². The molecule has 0 saturated carbocycles. The molecule has 0 saturated heterocycles. The van der Waals surface area contributed by atoms with Gasteiger partial charge in [0.05, 0.1) is 19.0 Å². The molecule has 4 heteroatoms. The summed E-state index contributed by atoms with van der Waals surface area (Å²) in [5, 5.41) is 0. The van der Waals surface area contributed by atoms with Gasteiger partial charge in [-0.3, -0.25) is 0 Å². The van der Waals surface area contributed by atoms with Crippen LogP contribution in [0.3, 0.4) is 0 Å². The van der Waals surface area contributed by atoms with E-state index >= 15 is 0 Å². The number of rotatable bonds is 3. The number of aryl methyl sites for hydroxylation is 1. The largest absolute Gasteiger partial charge is 0.329 e. The van der Waals surface area contributed by atoms with Crippen molar-refractivity contribution in [2.24, 2.45) is 0 Å². The van der Waals surface area contributed by atoms with E-state index in [1.165, 1.54) is 24.2 Å². The van der Waals surface area contributed by atoms with Crippen LogP contribution in [0, 0.1) is 0 Å². The Morgan fingerprint density at radius 2 is 2.75 bits per heavy atom. The first-order valence-electron chi connectivity index (χ1n) is 4.08. The molecule has 0 spiro atoms. The third-order valence-electron chi connectivity index (χ3n) is 2.25. The van der Waals surface area contributed by atoms with E-state index in [1.54, 1.807) is 0 Å². The summed E-state index contributed by atoms with van der Waals surface area (Å²) < 4.78 is 7.53. The number of fused-ring (bicyclic) bond motifs is 1. The van der Waals surface area contributed by atoms with Crippen molar-refractivity contribution in [1.82, 2.24) is 9.55 Å². The molecular formula is C8H12N2OS. The highest BCUT2D eigenvalue weighted by Gasteiger charge is 2.21. The van der Waals surface area contributed by atoms with E-state index in [0.29, 0.717) is 6.04 Å². The summed E-state index contributed by atoms with van der Waals surface area (Å²) >= 11 is 1.43. The molecule has 0 fully saturated rings. The maximum absolute atomic E-state index is 5.31. The maximum Gasteiger partial charge on any atom is 0.0951 e. The summed E-state index contributed by atoms with van der Waals surface area (Å²) in [4.78, 5) is 4.10. The van der Waals surface area contributed by atoms with E-state index in [9.17, 15) is 0 Å². The van der Waals surface area contributed by atoms with Crippen molar-refractivity contribution in [3.05, 3.63) is 18.2 Å². The van der Waals surface area contributed by atoms with Crippen LogP contribution in [0.4, 0.5) is 0 Å². The van der Waals surface area contributed by atoms with Gasteiger partial charge in [0.1, 0.15) is 0 Å². The fraction of sp³-hybridized carbons (Fsp3) is 0.625. The van der Waals surface area contributed by atoms with E-state index in [-0.39, 0.29) is 0 Å². The Hall–Kier alpha value is -0.480. The third-order valence-corrected chi connectivity index (χ3v) is 2.62. The predicted molar refractivity (Wildman–Crippen MR) is 49.1 cm³/mol. The molecule has 1 aliphatic rings. The highest BCUT2D eigenvalue weighted by molar-refractivity contribution is 7.93. The first kappa shape index (κ1) is 8.13. The minimum absolute atomic E-state index is 0.509. The van der Waals surface area contributed by atoms with Gasteiger partial charge in [-0.05, 0) is 24.9 Å². The molecule has 1 aromatic heterocycles. The lowest BCUT2D eigenvalue weighted by molar-refractivity contribution is 0.294. The van der Waals surface area contributed by atoms with Crippen LogP contribution < -0.4 is 0 Å². The quantitative estimate of drug-likeness (QED) is 0.668. The second kappa shape index (κ2) is 3.49. The van der Waals surface area contributed by atoms with Crippen LogP contribution >= 0.6 is 12.0 Å². The van der Waals surface area contributed by atoms with Crippen molar-refractivity contribution < 1.29 is 4.18 Å². The van der Waals surface area contributed by atoms with Gasteiger partial charge in [-0.1, -0.05) is 0 Å². The fourth-order valence-corrected chi connectivity index (χ4v) is 1.91. The summed E-state index contributed by atoms with van der Waals surface area (Å²) in [5.74, 6) is 0. The molecule has 0 radical (unpaired) electrons. The van der Waals surface area contributed by atoms with Crippen LogP contribution in [0.15, 0.2) is 12.5 Å². The summed E-state index contributed by atoms with van der Waals surface area (Å²) in [6.07, 6.45) is 8.13. The van der Waals surface area contributed by atoms with Crippen LogP contribution in [-0.2, 0) is 10.6 Å². The molecule has 12 heavy (non-hydrogen) atoms. The van der Waals surface area contributed by atoms with Gasteiger partial charge >= 0.3 is 0 Å². The highest BCUT2D eigenvalue weighted by atomic mass is 32.2. The van der Waals surface area contributed by atoms with E-state index in [2.05, 4.69) is 9.55 Å². The molecule has 0 N–H and O–H groups in total. The SMILES string of the molecule is CSOCC1CCc2cncn21. The third kappa shape index (κ3) is 1.36. The van der Waals surface area contributed by atoms with Crippen molar-refractivity contribution in [2.45, 2.75) is 18.9 Å². The summed E-state index contributed by atoms with van der Waals surface area (Å²) in [6, 6.07) is 0.509. The number of imidazole rings is 1. The number of hydrogen-bond acceptors (Lipinski definition) is 3. The van der Waals surface area contributed by atoms with Crippen LogP contribution in [0.5, 0.6) is 0 Å². The predicted octanol–water partition coefficient (Wildman–Crippen LogP) is 1.66. The van der Waals surface area contributed by atoms with Crippen molar-refractivity contribution in [3.8, 4) is 0 Å². The molecule has 66 valence electrons. The second-order valence-corrected chi connectivity index (χ2v) is 3.50. The minimum atomic E-state index is 0.509. The van der Waals surface area contributed by atoms with Crippen LogP contribution in [0.1, 0.15) is 18.2 Å². The Morgan fingerprint density at radius 3 is 3.58 bits per heavy atom. The van der Waals surface area contributed by atoms with E-state index < -0.39 is 0 Å². The molecule has 0 bridgehead atoms. The topological polar surface area (TPSA) is 27.1 Å². The van der Waals surface area contributed by atoms with E-state index in [1.807, 2.05) is 18.8 Å². The minimum Gasteiger partial charge on any atom is -0.329 e. The molecule has 0 aromatic carbocycles. The standard InChI is InChI=1S/C8H12N2OS/c1-12-11-5-8-3-2-7-4-9-6-10(7)8/h4,6,8H,2-3,5H2,1H3. The summed E-state index contributed by atoms with van der Waals surface area (Å²) in [6.45, 7) is 0.796. The normalized spacial score (nSPS) is 21.2. The lowest BCUT2D eigenvalue weighted by Crippen LogP contribution is -2.08. The van der Waals surface area contributed by atoms with E-state index in [0.717, 1.165) is 13.0 Å². The lowest BCUT2D eigenvalue weighted by Gasteiger charge is -2.10. The lowest BCUT2D eigenvalue weighted by atomic mass is 10.2. The number of hydrogen-bond donors (Lipinski definition) is 0. The number of aromatic nitrogens is 2. The average Bonchev–Trinajstić information content (AvgIpc) is 2.62. The van der Waals surface area contributed by atoms with Crippen LogP contribution in [-0.4, -0.2) is 22.4 Å². The fourth-order valence-electron chi connectivity index (χ4n) is 1.62. The smallest absolute Gasteiger partial charge is 0.0951 e. The molecule has 2 heterocycles. The Labute approximate surface area is 76.3 Å². The monoisotopic (exact) mass is 184 g/mol. The van der Waals surface area contributed by atoms with Gasteiger partial charge in [-0.2, -0.15) is 0 Å². The average molecular weight is 184 g/mol. The van der Waals surface area contributed by atoms with Crippen molar-refractivity contribution in [2.75, 3.05) is 12.9 Å². The molecule has 1 aromatic rings. The van der Waals surface area contributed by atoms with Gasteiger partial charge in [-0.15, -0.1) is 0 Å². The zero-order valence-corrected chi connectivity index (χ0v) is 7.88. The first-order chi connectivity index (χ1) is 5.92. The van der Waals surface area contributed by atoms with Gasteiger partial charge < -0.3 is 8.75 Å². The maximum atomic E-state index is 5.31. The molecule has 1 unspecified atom stereocenters. The Morgan fingerprint density at radius 1 is 1.83 bits per heavy atom. The van der Waals surface area contributed by atoms with Gasteiger partial charge in [0, 0.05) is 18.1 Å². The molecule has 0 amide bonds. The zero-order valence-electron chi connectivity index (χ0n) is 7.06. The molecule has 0 aliphatic carbocycles. The Bertz CT molecular complexity index is 261. The molecule has 1 atom stereocenters. The molecular weight excluding hydrogens is 172 g/mol. The van der Waals surface area contributed by atoms with Crippen LogP contribution in [0.2, 0.25) is 0 Å². The van der Waals surface area contributed by atoms with Gasteiger partial charge in [0.15, 0.2) is 0 Å². The Balaban J connectivity index is 2.02. The zero-order chi connectivity index (χ0) is 8.39. The van der Waals surface area contributed by atoms with Crippen LogP contribution in [0.25, 0.3) is 0 Å².